The molecule has 0 atom stereocenters. The van der Waals surface area contributed by atoms with Crippen LogP contribution >= 0.6 is 0 Å². The molecule has 0 aromatic heterocycles. The lowest BCUT2D eigenvalue weighted by atomic mass is 10.1. The van der Waals surface area contributed by atoms with E-state index in [0.717, 1.165) is 58.5 Å². The monoisotopic (exact) mass is 289 g/mol. The molecule has 0 N–H and O–H groups in total. The Bertz CT molecular complexity index is 395. The molecular formula is C18H27NO2. The maximum atomic E-state index is 11.1. The number of carbonyl (C=O) groups excluding carboxylic acids is 1. The number of unbranched alkanes of at least 4 members (excludes halogenated alkanes) is 2. The fourth-order valence-electron chi connectivity index (χ4n) is 2.68. The van der Waals surface area contributed by atoms with Crippen LogP contribution in [0.5, 0.6) is 0 Å². The predicted octanol–water partition coefficient (Wildman–Crippen LogP) is 3.08. The largest absolute Gasteiger partial charge is 0.381 e. The highest BCUT2D eigenvalue weighted by molar-refractivity contribution is 5.79. The van der Waals surface area contributed by atoms with Crippen LogP contribution in [0.15, 0.2) is 30.3 Å². The molecule has 1 aliphatic heterocycles. The van der Waals surface area contributed by atoms with Crippen LogP contribution < -0.4 is 0 Å². The minimum absolute atomic E-state index is 0.429. The number of benzene rings is 1. The summed E-state index contributed by atoms with van der Waals surface area (Å²) in [5.41, 5.74) is 1.34. The second-order valence-electron chi connectivity index (χ2n) is 5.79. The molecule has 116 valence electrons. The van der Waals surface area contributed by atoms with Gasteiger partial charge in [0.25, 0.3) is 0 Å². The summed E-state index contributed by atoms with van der Waals surface area (Å²) in [5, 5.41) is 0. The molecule has 0 unspecified atom stereocenters. The Morgan fingerprint density at radius 3 is 2.48 bits per heavy atom. The van der Waals surface area contributed by atoms with E-state index in [1.807, 2.05) is 6.07 Å². The molecule has 0 aliphatic carbocycles. The van der Waals surface area contributed by atoms with Crippen LogP contribution in [-0.2, 0) is 16.0 Å². The predicted molar refractivity (Wildman–Crippen MR) is 85.5 cm³/mol. The topological polar surface area (TPSA) is 29.5 Å². The summed E-state index contributed by atoms with van der Waals surface area (Å²) in [5.74, 6) is 0.429. The molecule has 0 spiro atoms. The van der Waals surface area contributed by atoms with Gasteiger partial charge in [-0.25, -0.2) is 0 Å². The van der Waals surface area contributed by atoms with Crippen LogP contribution in [0.3, 0.4) is 0 Å². The molecular weight excluding hydrogens is 262 g/mol. The molecule has 1 saturated heterocycles. The maximum absolute atomic E-state index is 11.1. The molecule has 1 aliphatic rings. The molecule has 1 fully saturated rings. The van der Waals surface area contributed by atoms with E-state index in [4.69, 9.17) is 4.74 Å². The smallest absolute Gasteiger partial charge is 0.135 e. The van der Waals surface area contributed by atoms with Crippen LogP contribution in [0, 0.1) is 0 Å². The molecule has 1 aromatic carbocycles. The van der Waals surface area contributed by atoms with Crippen molar-refractivity contribution in [2.24, 2.45) is 0 Å². The fraction of sp³-hybridized carbons (Fsp3) is 0.611. The van der Waals surface area contributed by atoms with Crippen molar-refractivity contribution in [1.82, 2.24) is 4.90 Å². The Hall–Kier alpha value is -1.19. The molecule has 0 radical (unpaired) electrons. The maximum Gasteiger partial charge on any atom is 0.135 e. The van der Waals surface area contributed by atoms with E-state index in [0.29, 0.717) is 5.78 Å². The molecule has 2 rings (SSSR count). The number of Topliss-reactive ketones (excluding diaryl/α,β-unsaturated/α-hetero) is 1. The highest BCUT2D eigenvalue weighted by atomic mass is 16.5. The Morgan fingerprint density at radius 1 is 0.952 bits per heavy atom. The second kappa shape index (κ2) is 9.69. The van der Waals surface area contributed by atoms with Crippen molar-refractivity contribution in [1.29, 1.82) is 0 Å². The SMILES string of the molecule is O=C1CCN(CCCCCOCCc2ccccc2)CC1. The van der Waals surface area contributed by atoms with E-state index in [-0.39, 0.29) is 0 Å². The lowest BCUT2D eigenvalue weighted by Crippen LogP contribution is -2.34. The number of piperidine rings is 1. The number of hydrogen-bond donors (Lipinski definition) is 0. The first-order valence-electron chi connectivity index (χ1n) is 8.20. The normalized spacial score (nSPS) is 16.3. The van der Waals surface area contributed by atoms with Crippen molar-refractivity contribution in [3.8, 4) is 0 Å². The van der Waals surface area contributed by atoms with Gasteiger partial charge in [0.2, 0.25) is 0 Å². The van der Waals surface area contributed by atoms with Crippen LogP contribution in [0.2, 0.25) is 0 Å². The molecule has 0 saturated carbocycles. The van der Waals surface area contributed by atoms with Crippen molar-refractivity contribution in [3.05, 3.63) is 35.9 Å². The minimum atomic E-state index is 0.429. The Kier molecular flexibility index (Phi) is 7.47. The third-order valence-electron chi connectivity index (χ3n) is 4.05. The van der Waals surface area contributed by atoms with Gasteiger partial charge in [-0.1, -0.05) is 30.3 Å². The lowest BCUT2D eigenvalue weighted by Gasteiger charge is -2.25. The highest BCUT2D eigenvalue weighted by Gasteiger charge is 2.14. The van der Waals surface area contributed by atoms with Gasteiger partial charge in [-0.15, -0.1) is 0 Å². The number of ether oxygens (including phenoxy) is 1. The zero-order valence-electron chi connectivity index (χ0n) is 12.9. The number of carbonyl (C=O) groups is 1. The van der Waals surface area contributed by atoms with Crippen molar-refractivity contribution >= 4 is 5.78 Å². The summed E-state index contributed by atoms with van der Waals surface area (Å²) in [4.78, 5) is 13.6. The third kappa shape index (κ3) is 6.87. The van der Waals surface area contributed by atoms with Gasteiger partial charge in [0.15, 0.2) is 0 Å². The standard InChI is InChI=1S/C18H27NO2/c20-18-9-13-19(14-10-18)12-5-2-6-15-21-16-11-17-7-3-1-4-8-17/h1,3-4,7-8H,2,5-6,9-16H2. The first kappa shape index (κ1) is 16.2. The summed E-state index contributed by atoms with van der Waals surface area (Å²) in [7, 11) is 0. The Balaban J connectivity index is 1.39. The molecule has 3 heteroatoms. The first-order chi connectivity index (χ1) is 10.3. The quantitative estimate of drug-likeness (QED) is 0.654. The summed E-state index contributed by atoms with van der Waals surface area (Å²) in [6.07, 6.45) is 6.08. The van der Waals surface area contributed by atoms with Crippen molar-refractivity contribution in [3.63, 3.8) is 0 Å². The van der Waals surface area contributed by atoms with Crippen LogP contribution in [0.4, 0.5) is 0 Å². The molecule has 0 bridgehead atoms. The third-order valence-corrected chi connectivity index (χ3v) is 4.05. The zero-order valence-corrected chi connectivity index (χ0v) is 12.9. The first-order valence-corrected chi connectivity index (χ1v) is 8.20. The summed E-state index contributed by atoms with van der Waals surface area (Å²) >= 11 is 0. The van der Waals surface area contributed by atoms with Crippen LogP contribution in [0.25, 0.3) is 0 Å². The molecule has 21 heavy (non-hydrogen) atoms. The average molecular weight is 289 g/mol. The molecule has 3 nitrogen and oxygen atoms in total. The Morgan fingerprint density at radius 2 is 1.71 bits per heavy atom. The summed E-state index contributed by atoms with van der Waals surface area (Å²) < 4.78 is 5.69. The number of rotatable bonds is 9. The minimum Gasteiger partial charge on any atom is -0.381 e. The molecule has 1 aromatic rings. The van der Waals surface area contributed by atoms with Gasteiger partial charge >= 0.3 is 0 Å². The fourth-order valence-corrected chi connectivity index (χ4v) is 2.68. The summed E-state index contributed by atoms with van der Waals surface area (Å²) in [6.45, 7) is 4.75. The van der Waals surface area contributed by atoms with Gasteiger partial charge in [0.1, 0.15) is 5.78 Å². The molecule has 0 amide bonds. The zero-order chi connectivity index (χ0) is 14.8. The van der Waals surface area contributed by atoms with Crippen LogP contribution in [0.1, 0.15) is 37.7 Å². The Labute approximate surface area is 128 Å². The van der Waals surface area contributed by atoms with E-state index in [2.05, 4.69) is 29.2 Å². The van der Waals surface area contributed by atoms with E-state index in [1.165, 1.54) is 18.4 Å². The van der Waals surface area contributed by atoms with Gasteiger partial charge in [-0.3, -0.25) is 4.79 Å². The van der Waals surface area contributed by atoms with E-state index >= 15 is 0 Å². The van der Waals surface area contributed by atoms with Gasteiger partial charge < -0.3 is 9.64 Å². The number of ketones is 1. The molecule has 1 heterocycles. The average Bonchev–Trinajstić information content (AvgIpc) is 2.53. The van der Waals surface area contributed by atoms with Crippen molar-refractivity contribution in [2.75, 3.05) is 32.8 Å². The van der Waals surface area contributed by atoms with E-state index in [9.17, 15) is 4.79 Å². The van der Waals surface area contributed by atoms with Gasteiger partial charge in [0, 0.05) is 32.5 Å². The van der Waals surface area contributed by atoms with Gasteiger partial charge in [-0.2, -0.15) is 0 Å². The highest BCUT2D eigenvalue weighted by Crippen LogP contribution is 2.08. The van der Waals surface area contributed by atoms with Gasteiger partial charge in [0.05, 0.1) is 6.61 Å². The van der Waals surface area contributed by atoms with E-state index < -0.39 is 0 Å². The van der Waals surface area contributed by atoms with Gasteiger partial charge in [-0.05, 0) is 37.8 Å². The van der Waals surface area contributed by atoms with E-state index in [1.54, 1.807) is 0 Å². The number of nitrogens with zero attached hydrogens (tertiary/aromatic N) is 1. The van der Waals surface area contributed by atoms with Crippen molar-refractivity contribution in [2.45, 2.75) is 38.5 Å². The van der Waals surface area contributed by atoms with Crippen molar-refractivity contribution < 1.29 is 9.53 Å². The van der Waals surface area contributed by atoms with Crippen LogP contribution in [-0.4, -0.2) is 43.5 Å². The number of likely N-dealkylation sites (tertiary alicyclic amines) is 1. The second-order valence-corrected chi connectivity index (χ2v) is 5.79. The summed E-state index contributed by atoms with van der Waals surface area (Å²) in [6, 6.07) is 10.5. The lowest BCUT2D eigenvalue weighted by molar-refractivity contribution is -0.121. The number of hydrogen-bond acceptors (Lipinski definition) is 3.